The van der Waals surface area contributed by atoms with E-state index >= 15 is 0 Å². The van der Waals surface area contributed by atoms with E-state index in [1.54, 1.807) is 25.4 Å². The minimum Gasteiger partial charge on any atom is -0.382 e. The number of pyridine rings is 1. The summed E-state index contributed by atoms with van der Waals surface area (Å²) >= 11 is 0. The van der Waals surface area contributed by atoms with Crippen LogP contribution in [0.15, 0.2) is 29.4 Å². The van der Waals surface area contributed by atoms with Crippen molar-refractivity contribution >= 4 is 10.0 Å². The zero-order valence-corrected chi connectivity index (χ0v) is 12.8. The van der Waals surface area contributed by atoms with Crippen molar-refractivity contribution in [3.8, 4) is 0 Å². The fourth-order valence-corrected chi connectivity index (χ4v) is 3.93. The summed E-state index contributed by atoms with van der Waals surface area (Å²) in [5.74, 6) is 0. The Morgan fingerprint density at radius 3 is 2.90 bits per heavy atom. The number of morpholine rings is 1. The first-order chi connectivity index (χ1) is 9.35. The van der Waals surface area contributed by atoms with E-state index in [4.69, 9.17) is 9.47 Å². The quantitative estimate of drug-likeness (QED) is 0.826. The first-order valence-electron chi connectivity index (χ1n) is 6.42. The van der Waals surface area contributed by atoms with Crippen LogP contribution < -0.4 is 0 Å². The van der Waals surface area contributed by atoms with Crippen LogP contribution in [0.1, 0.15) is 13.8 Å². The van der Waals surface area contributed by atoms with Gasteiger partial charge >= 0.3 is 0 Å². The molecule has 1 saturated heterocycles. The molecule has 1 aromatic rings. The van der Waals surface area contributed by atoms with E-state index in [1.165, 1.54) is 10.5 Å². The summed E-state index contributed by atoms with van der Waals surface area (Å²) in [5, 5.41) is 0. The molecule has 2 rings (SSSR count). The van der Waals surface area contributed by atoms with Gasteiger partial charge in [0.25, 0.3) is 0 Å². The first kappa shape index (κ1) is 15.4. The molecule has 1 aliphatic rings. The van der Waals surface area contributed by atoms with E-state index in [0.29, 0.717) is 13.2 Å². The molecule has 0 N–H and O–H groups in total. The van der Waals surface area contributed by atoms with Gasteiger partial charge in [-0.3, -0.25) is 4.98 Å². The lowest BCUT2D eigenvalue weighted by molar-refractivity contribution is -0.135. The maximum Gasteiger partial charge on any atom is 0.244 e. The summed E-state index contributed by atoms with van der Waals surface area (Å²) in [6, 6.07) is 3.17. The predicted molar refractivity (Wildman–Crippen MR) is 73.8 cm³/mol. The van der Waals surface area contributed by atoms with Crippen molar-refractivity contribution in [2.24, 2.45) is 0 Å². The second-order valence-corrected chi connectivity index (χ2v) is 7.38. The molecule has 0 unspecified atom stereocenters. The highest BCUT2D eigenvalue weighted by Gasteiger charge is 2.39. The minimum atomic E-state index is -3.55. The summed E-state index contributed by atoms with van der Waals surface area (Å²) in [6.07, 6.45) is 2.65. The van der Waals surface area contributed by atoms with Gasteiger partial charge < -0.3 is 9.47 Å². The van der Waals surface area contributed by atoms with Crippen molar-refractivity contribution in [3.05, 3.63) is 24.5 Å². The molecule has 0 amide bonds. The monoisotopic (exact) mass is 300 g/mol. The van der Waals surface area contributed by atoms with E-state index < -0.39 is 15.6 Å². The van der Waals surface area contributed by atoms with Crippen molar-refractivity contribution in [2.45, 2.75) is 30.4 Å². The zero-order valence-electron chi connectivity index (χ0n) is 11.9. The zero-order chi connectivity index (χ0) is 14.8. The molecule has 7 heteroatoms. The molecule has 0 radical (unpaired) electrons. The van der Waals surface area contributed by atoms with Crippen LogP contribution in [0.3, 0.4) is 0 Å². The number of aromatic nitrogens is 1. The van der Waals surface area contributed by atoms with Crippen LogP contribution in [-0.4, -0.2) is 56.2 Å². The molecular weight excluding hydrogens is 280 g/mol. The maximum absolute atomic E-state index is 12.6. The van der Waals surface area contributed by atoms with Gasteiger partial charge in [-0.05, 0) is 26.0 Å². The van der Waals surface area contributed by atoms with Crippen molar-refractivity contribution in [1.82, 2.24) is 9.29 Å². The summed E-state index contributed by atoms with van der Waals surface area (Å²) in [4.78, 5) is 4.08. The Kier molecular flexibility index (Phi) is 4.43. The highest BCUT2D eigenvalue weighted by molar-refractivity contribution is 7.89. The smallest absolute Gasteiger partial charge is 0.244 e. The number of methoxy groups -OCH3 is 1. The molecule has 0 bridgehead atoms. The summed E-state index contributed by atoms with van der Waals surface area (Å²) in [5.41, 5.74) is -0.545. The third-order valence-electron chi connectivity index (χ3n) is 3.07. The number of rotatable bonds is 4. The minimum absolute atomic E-state index is 0.203. The van der Waals surface area contributed by atoms with E-state index in [-0.39, 0.29) is 17.5 Å². The molecule has 1 atom stereocenters. The average Bonchev–Trinajstić information content (AvgIpc) is 2.38. The van der Waals surface area contributed by atoms with E-state index in [1.807, 2.05) is 13.8 Å². The van der Waals surface area contributed by atoms with Gasteiger partial charge in [-0.15, -0.1) is 0 Å². The van der Waals surface area contributed by atoms with Gasteiger partial charge in [0.05, 0.1) is 18.3 Å². The van der Waals surface area contributed by atoms with Gasteiger partial charge in [0.2, 0.25) is 10.0 Å². The van der Waals surface area contributed by atoms with Crippen LogP contribution in [0.2, 0.25) is 0 Å². The lowest BCUT2D eigenvalue weighted by Gasteiger charge is -2.41. The van der Waals surface area contributed by atoms with Crippen molar-refractivity contribution < 1.29 is 17.9 Å². The van der Waals surface area contributed by atoms with E-state index in [2.05, 4.69) is 4.98 Å². The molecule has 2 heterocycles. The van der Waals surface area contributed by atoms with Gasteiger partial charge in [0.15, 0.2) is 0 Å². The molecule has 1 aromatic heterocycles. The Morgan fingerprint density at radius 2 is 2.30 bits per heavy atom. The van der Waals surface area contributed by atoms with Crippen LogP contribution in [0.4, 0.5) is 0 Å². The van der Waals surface area contributed by atoms with Crippen LogP contribution in [0, 0.1) is 0 Å². The van der Waals surface area contributed by atoms with Crippen molar-refractivity contribution in [1.29, 1.82) is 0 Å². The van der Waals surface area contributed by atoms with Crippen molar-refractivity contribution in [3.63, 3.8) is 0 Å². The largest absolute Gasteiger partial charge is 0.382 e. The highest BCUT2D eigenvalue weighted by atomic mass is 32.2. The number of nitrogens with zero attached hydrogens (tertiary/aromatic N) is 2. The maximum atomic E-state index is 12.6. The number of sulfonamides is 1. The summed E-state index contributed by atoms with van der Waals surface area (Å²) in [7, 11) is -1.97. The Balaban J connectivity index is 2.27. The number of hydrogen-bond donors (Lipinski definition) is 0. The summed E-state index contributed by atoms with van der Waals surface area (Å²) < 4.78 is 37.6. The Morgan fingerprint density at radius 1 is 1.55 bits per heavy atom. The SMILES string of the molecule is COC[C@H]1CN(S(=O)(=O)c2cccnc2)CC(C)(C)O1. The molecule has 112 valence electrons. The third-order valence-corrected chi connectivity index (χ3v) is 4.87. The average molecular weight is 300 g/mol. The van der Waals surface area contributed by atoms with Gasteiger partial charge in [-0.1, -0.05) is 0 Å². The van der Waals surface area contributed by atoms with Gasteiger partial charge in [0.1, 0.15) is 4.90 Å². The predicted octanol–water partition coefficient (Wildman–Crippen LogP) is 0.896. The molecule has 1 fully saturated rings. The standard InChI is InChI=1S/C13H20N2O4S/c1-13(2)10-15(8-11(19-13)9-18-3)20(16,17)12-5-4-6-14-7-12/h4-7,11H,8-10H2,1-3H3/t11-/m1/s1. The first-order valence-corrected chi connectivity index (χ1v) is 7.86. The van der Waals surface area contributed by atoms with Crippen LogP contribution in [0.25, 0.3) is 0 Å². The second kappa shape index (κ2) is 5.77. The number of hydrogen-bond acceptors (Lipinski definition) is 5. The fraction of sp³-hybridized carbons (Fsp3) is 0.615. The topological polar surface area (TPSA) is 68.7 Å². The Labute approximate surface area is 119 Å². The van der Waals surface area contributed by atoms with Gasteiger partial charge in [-0.25, -0.2) is 8.42 Å². The van der Waals surface area contributed by atoms with Crippen LogP contribution >= 0.6 is 0 Å². The number of ether oxygens (including phenoxy) is 2. The molecule has 1 aliphatic heterocycles. The molecule has 0 spiro atoms. The molecule has 20 heavy (non-hydrogen) atoms. The molecule has 6 nitrogen and oxygen atoms in total. The van der Waals surface area contributed by atoms with E-state index in [9.17, 15) is 8.42 Å². The Bertz CT molecular complexity index is 545. The Hall–Kier alpha value is -1.02. The third kappa shape index (κ3) is 3.35. The lowest BCUT2D eigenvalue weighted by atomic mass is 10.1. The molecule has 0 aliphatic carbocycles. The fourth-order valence-electron chi connectivity index (χ4n) is 2.35. The summed E-state index contributed by atoms with van der Waals surface area (Å²) in [6.45, 7) is 4.71. The molecular formula is C13H20N2O4S. The van der Waals surface area contributed by atoms with Crippen molar-refractivity contribution in [2.75, 3.05) is 26.8 Å². The molecule has 0 saturated carbocycles. The lowest BCUT2D eigenvalue weighted by Crippen LogP contribution is -2.55. The second-order valence-electron chi connectivity index (χ2n) is 5.44. The van der Waals surface area contributed by atoms with Crippen LogP contribution in [-0.2, 0) is 19.5 Å². The molecule has 0 aromatic carbocycles. The van der Waals surface area contributed by atoms with Gasteiger partial charge in [-0.2, -0.15) is 4.31 Å². The van der Waals surface area contributed by atoms with Gasteiger partial charge in [0, 0.05) is 32.6 Å². The normalized spacial score (nSPS) is 23.6. The van der Waals surface area contributed by atoms with E-state index in [0.717, 1.165) is 0 Å². The van der Waals surface area contributed by atoms with Crippen LogP contribution in [0.5, 0.6) is 0 Å². The highest BCUT2D eigenvalue weighted by Crippen LogP contribution is 2.26.